The van der Waals surface area contributed by atoms with Crippen LogP contribution in [0.25, 0.3) is 10.9 Å². The normalized spacial score (nSPS) is 19.2. The van der Waals surface area contributed by atoms with Gasteiger partial charge < -0.3 is 15.0 Å². The smallest absolute Gasteiger partial charge is 0.254 e. The van der Waals surface area contributed by atoms with Crippen LogP contribution in [0.1, 0.15) is 28.9 Å². The molecule has 0 unspecified atom stereocenters. The molecule has 0 aliphatic carbocycles. The number of benzene rings is 1. The summed E-state index contributed by atoms with van der Waals surface area (Å²) in [5, 5.41) is 4.54. The topological polar surface area (TPSA) is 54.1 Å². The minimum atomic E-state index is -0.0634. The Bertz CT molecular complexity index is 645. The fraction of sp³-hybridized carbons (Fsp3) is 0.400. The molecule has 2 N–H and O–H groups in total. The molecular formula is C15H17ClN2O2. The lowest BCUT2D eigenvalue weighted by molar-refractivity contribution is 0.0624. The molecule has 20 heavy (non-hydrogen) atoms. The Morgan fingerprint density at radius 3 is 3.10 bits per heavy atom. The molecule has 1 aliphatic rings. The summed E-state index contributed by atoms with van der Waals surface area (Å²) in [4.78, 5) is 15.7. The minimum absolute atomic E-state index is 0.0634. The number of hydrogen-bond donors (Lipinski definition) is 2. The van der Waals surface area contributed by atoms with Gasteiger partial charge in [-0.05, 0) is 38.0 Å². The molecule has 2 aromatic rings. The highest BCUT2D eigenvalue weighted by Crippen LogP contribution is 2.25. The molecule has 0 saturated carbocycles. The van der Waals surface area contributed by atoms with Crippen LogP contribution in [0.4, 0.5) is 0 Å². The number of carbonyl (C=O) groups is 1. The van der Waals surface area contributed by atoms with Crippen LogP contribution >= 0.6 is 11.6 Å². The number of halogens is 1. The second-order valence-corrected chi connectivity index (χ2v) is 5.64. The monoisotopic (exact) mass is 292 g/mol. The van der Waals surface area contributed by atoms with Gasteiger partial charge in [-0.15, -0.1) is 0 Å². The van der Waals surface area contributed by atoms with Gasteiger partial charge in [0.2, 0.25) is 0 Å². The molecule has 1 atom stereocenters. The summed E-state index contributed by atoms with van der Waals surface area (Å²) in [7, 11) is 0. The Kier molecular flexibility index (Phi) is 3.68. The first-order valence-corrected chi connectivity index (χ1v) is 7.19. The van der Waals surface area contributed by atoms with E-state index < -0.39 is 0 Å². The van der Waals surface area contributed by atoms with Crippen LogP contribution in [-0.2, 0) is 4.74 Å². The standard InChI is InChI=1S/C15H17ClN2O2/c1-9-14(12-7-10(16)4-5-13(12)17-9)15(19)18-11-3-2-6-20-8-11/h4-5,7,11,17H,2-3,6,8H2,1H3,(H,18,19)/t11-/m1/s1. The zero-order chi connectivity index (χ0) is 14.1. The van der Waals surface area contributed by atoms with Crippen molar-refractivity contribution in [1.82, 2.24) is 10.3 Å². The lowest BCUT2D eigenvalue weighted by Gasteiger charge is -2.23. The van der Waals surface area contributed by atoms with E-state index in [1.165, 1.54) is 0 Å². The van der Waals surface area contributed by atoms with E-state index >= 15 is 0 Å². The Hall–Kier alpha value is -1.52. The maximum Gasteiger partial charge on any atom is 0.254 e. The molecule has 5 heteroatoms. The minimum Gasteiger partial charge on any atom is -0.379 e. The van der Waals surface area contributed by atoms with Gasteiger partial charge >= 0.3 is 0 Å². The second-order valence-electron chi connectivity index (χ2n) is 5.20. The molecule has 1 saturated heterocycles. The van der Waals surface area contributed by atoms with Crippen LogP contribution < -0.4 is 5.32 Å². The van der Waals surface area contributed by atoms with Gasteiger partial charge in [0.05, 0.1) is 18.2 Å². The molecule has 0 bridgehead atoms. The molecule has 0 radical (unpaired) electrons. The van der Waals surface area contributed by atoms with E-state index in [9.17, 15) is 4.79 Å². The molecule has 1 amide bonds. The Morgan fingerprint density at radius 2 is 2.35 bits per heavy atom. The number of aromatic amines is 1. The number of hydrogen-bond acceptors (Lipinski definition) is 2. The van der Waals surface area contributed by atoms with Crippen LogP contribution in [0.2, 0.25) is 5.02 Å². The van der Waals surface area contributed by atoms with E-state index in [0.717, 1.165) is 36.0 Å². The lowest BCUT2D eigenvalue weighted by atomic mass is 10.1. The number of ether oxygens (including phenoxy) is 1. The molecule has 4 nitrogen and oxygen atoms in total. The Balaban J connectivity index is 1.90. The van der Waals surface area contributed by atoms with Crippen LogP contribution in [-0.4, -0.2) is 30.1 Å². The van der Waals surface area contributed by atoms with E-state index in [0.29, 0.717) is 17.2 Å². The van der Waals surface area contributed by atoms with Crippen molar-refractivity contribution < 1.29 is 9.53 Å². The van der Waals surface area contributed by atoms with Crippen LogP contribution in [0.5, 0.6) is 0 Å². The molecule has 1 aromatic carbocycles. The van der Waals surface area contributed by atoms with E-state index in [1.807, 2.05) is 25.1 Å². The zero-order valence-electron chi connectivity index (χ0n) is 11.3. The van der Waals surface area contributed by atoms with Gasteiger partial charge in [-0.3, -0.25) is 4.79 Å². The first-order chi connectivity index (χ1) is 9.65. The molecule has 1 aliphatic heterocycles. The summed E-state index contributed by atoms with van der Waals surface area (Å²) in [5.74, 6) is -0.0634. The third-order valence-electron chi connectivity index (χ3n) is 3.67. The van der Waals surface area contributed by atoms with Crippen molar-refractivity contribution in [3.8, 4) is 0 Å². The van der Waals surface area contributed by atoms with Crippen LogP contribution in [0.3, 0.4) is 0 Å². The number of aromatic nitrogens is 1. The van der Waals surface area contributed by atoms with Crippen molar-refractivity contribution >= 4 is 28.4 Å². The van der Waals surface area contributed by atoms with Crippen molar-refractivity contribution in [2.24, 2.45) is 0 Å². The molecule has 3 rings (SSSR count). The summed E-state index contributed by atoms with van der Waals surface area (Å²) >= 11 is 6.03. The van der Waals surface area contributed by atoms with Gasteiger partial charge in [0.25, 0.3) is 5.91 Å². The molecule has 2 heterocycles. The van der Waals surface area contributed by atoms with E-state index in [4.69, 9.17) is 16.3 Å². The second kappa shape index (κ2) is 5.46. The SMILES string of the molecule is Cc1[nH]c2ccc(Cl)cc2c1C(=O)N[C@@H]1CCCOC1. The van der Waals surface area contributed by atoms with Crippen molar-refractivity contribution in [1.29, 1.82) is 0 Å². The number of carbonyl (C=O) groups excluding carboxylic acids is 1. The Labute approximate surface area is 122 Å². The molecule has 106 valence electrons. The van der Waals surface area contributed by atoms with Crippen LogP contribution in [0.15, 0.2) is 18.2 Å². The number of amides is 1. The number of nitrogens with one attached hydrogen (secondary N) is 2. The van der Waals surface area contributed by atoms with Gasteiger partial charge in [0, 0.05) is 28.2 Å². The third kappa shape index (κ3) is 2.53. The summed E-state index contributed by atoms with van der Waals surface area (Å²) in [5.41, 5.74) is 2.46. The highest BCUT2D eigenvalue weighted by molar-refractivity contribution is 6.31. The maximum absolute atomic E-state index is 12.5. The maximum atomic E-state index is 12.5. The average Bonchev–Trinajstić information content (AvgIpc) is 2.75. The van der Waals surface area contributed by atoms with E-state index in [1.54, 1.807) is 0 Å². The predicted octanol–water partition coefficient (Wildman–Crippen LogP) is 3.04. The lowest BCUT2D eigenvalue weighted by Crippen LogP contribution is -2.40. The van der Waals surface area contributed by atoms with Crippen molar-refractivity contribution in [2.45, 2.75) is 25.8 Å². The molecule has 1 aromatic heterocycles. The summed E-state index contributed by atoms with van der Waals surface area (Å²) in [6, 6.07) is 5.63. The van der Waals surface area contributed by atoms with Crippen molar-refractivity contribution in [2.75, 3.05) is 13.2 Å². The third-order valence-corrected chi connectivity index (χ3v) is 3.91. The van der Waals surface area contributed by atoms with Gasteiger partial charge in [-0.1, -0.05) is 11.6 Å². The first-order valence-electron chi connectivity index (χ1n) is 6.81. The number of aryl methyl sites for hydroxylation is 1. The number of fused-ring (bicyclic) bond motifs is 1. The Morgan fingerprint density at radius 1 is 1.50 bits per heavy atom. The quantitative estimate of drug-likeness (QED) is 0.894. The fourth-order valence-corrected chi connectivity index (χ4v) is 2.88. The average molecular weight is 293 g/mol. The largest absolute Gasteiger partial charge is 0.379 e. The molecular weight excluding hydrogens is 276 g/mol. The number of rotatable bonds is 2. The molecule has 0 spiro atoms. The van der Waals surface area contributed by atoms with E-state index in [-0.39, 0.29) is 11.9 Å². The van der Waals surface area contributed by atoms with Gasteiger partial charge in [0.1, 0.15) is 0 Å². The van der Waals surface area contributed by atoms with Gasteiger partial charge in [0.15, 0.2) is 0 Å². The highest BCUT2D eigenvalue weighted by Gasteiger charge is 2.21. The summed E-state index contributed by atoms with van der Waals surface area (Å²) in [6.07, 6.45) is 1.96. The highest BCUT2D eigenvalue weighted by atomic mass is 35.5. The zero-order valence-corrected chi connectivity index (χ0v) is 12.1. The van der Waals surface area contributed by atoms with E-state index in [2.05, 4.69) is 10.3 Å². The predicted molar refractivity (Wildman–Crippen MR) is 79.4 cm³/mol. The van der Waals surface area contributed by atoms with Crippen molar-refractivity contribution in [3.05, 3.63) is 34.5 Å². The summed E-state index contributed by atoms with van der Waals surface area (Å²) in [6.45, 7) is 3.28. The number of H-pyrrole nitrogens is 1. The van der Waals surface area contributed by atoms with Gasteiger partial charge in [-0.25, -0.2) is 0 Å². The summed E-state index contributed by atoms with van der Waals surface area (Å²) < 4.78 is 5.39. The van der Waals surface area contributed by atoms with Crippen LogP contribution in [0, 0.1) is 6.92 Å². The fourth-order valence-electron chi connectivity index (χ4n) is 2.70. The molecule has 1 fully saturated rings. The first kappa shape index (κ1) is 13.5. The van der Waals surface area contributed by atoms with Crippen molar-refractivity contribution in [3.63, 3.8) is 0 Å². The van der Waals surface area contributed by atoms with Gasteiger partial charge in [-0.2, -0.15) is 0 Å².